The minimum Gasteiger partial charge on any atom is -1.00 e. The van der Waals surface area contributed by atoms with Gasteiger partial charge in [-0.1, -0.05) is 0 Å². The van der Waals surface area contributed by atoms with Crippen LogP contribution in [-0.4, -0.2) is 58.8 Å². The number of rotatable bonds is 4. The quantitative estimate of drug-likeness (QED) is 0.631. The van der Waals surface area contributed by atoms with Crippen molar-refractivity contribution in [2.24, 2.45) is 0 Å². The molecule has 0 bridgehead atoms. The molecule has 1 aromatic rings. The fraction of sp³-hybridized carbons (Fsp3) is 0.625. The lowest BCUT2D eigenvalue weighted by Gasteiger charge is -2.42. The molecule has 1 amide bonds. The molecule has 0 saturated heterocycles. The highest BCUT2D eigenvalue weighted by molar-refractivity contribution is 5.61. The van der Waals surface area contributed by atoms with Crippen molar-refractivity contribution in [1.82, 2.24) is 9.88 Å². The first-order chi connectivity index (χ1) is 10.0. The zero-order chi connectivity index (χ0) is 17.5. The standard InChI is InChI=1S/C13H22N2O.C3H7NO2.BrH/c1-10(2)15(5,11(3)4)9-12-13(16)7-6-8-14-12;1-4(2)3(5)6;/h6-8,10-11H,9H2,1-5H3;1-2H3,(H,5,6);1H/p-1. The Morgan fingerprint density at radius 2 is 1.74 bits per heavy atom. The number of carboxylic acid groups (broad SMARTS) is 1. The summed E-state index contributed by atoms with van der Waals surface area (Å²) >= 11 is 0. The van der Waals surface area contributed by atoms with Crippen LogP contribution in [0.15, 0.2) is 18.3 Å². The number of hydrogen-bond acceptors (Lipinski definition) is 4. The molecule has 0 unspecified atom stereocenters. The third-order valence-electron chi connectivity index (χ3n) is 4.08. The van der Waals surface area contributed by atoms with E-state index in [1.54, 1.807) is 18.3 Å². The van der Waals surface area contributed by atoms with Crippen LogP contribution in [0.4, 0.5) is 4.79 Å². The summed E-state index contributed by atoms with van der Waals surface area (Å²) in [6.45, 7) is 9.60. The van der Waals surface area contributed by atoms with Gasteiger partial charge in [0.1, 0.15) is 24.1 Å². The van der Waals surface area contributed by atoms with Crippen LogP contribution in [0.1, 0.15) is 33.4 Å². The van der Waals surface area contributed by atoms with Crippen molar-refractivity contribution < 1.29 is 36.5 Å². The number of quaternary nitrogens is 1. The van der Waals surface area contributed by atoms with Gasteiger partial charge in [-0.3, -0.25) is 4.98 Å². The second-order valence-electron chi connectivity index (χ2n) is 6.32. The Labute approximate surface area is 150 Å². The van der Waals surface area contributed by atoms with Crippen LogP contribution in [0, 0.1) is 0 Å². The van der Waals surface area contributed by atoms with Gasteiger partial charge in [-0.25, -0.2) is 0 Å². The Balaban J connectivity index is 0. The monoisotopic (exact) mass is 390 g/mol. The number of carbonyl (C=O) groups excluding carboxylic acids is 1. The first kappa shape index (κ1) is 23.9. The molecule has 134 valence electrons. The predicted octanol–water partition coefficient (Wildman–Crippen LogP) is -1.55. The largest absolute Gasteiger partial charge is 1.00 e. The minimum absolute atomic E-state index is 0. The van der Waals surface area contributed by atoms with Crippen LogP contribution in [0.3, 0.4) is 0 Å². The van der Waals surface area contributed by atoms with Gasteiger partial charge in [-0.05, 0) is 39.8 Å². The zero-order valence-corrected chi connectivity index (χ0v) is 16.7. The second kappa shape index (κ2) is 10.4. The van der Waals surface area contributed by atoms with Gasteiger partial charge in [0, 0.05) is 20.3 Å². The third kappa shape index (κ3) is 7.65. The molecular weight excluding hydrogens is 362 g/mol. The smallest absolute Gasteiger partial charge is 0.142 e. The average Bonchev–Trinajstić information content (AvgIpc) is 2.41. The van der Waals surface area contributed by atoms with E-state index in [9.17, 15) is 15.0 Å². The number of carbonyl (C=O) groups is 1. The summed E-state index contributed by atoms with van der Waals surface area (Å²) in [7, 11) is 5.04. The van der Waals surface area contributed by atoms with Gasteiger partial charge >= 0.3 is 0 Å². The van der Waals surface area contributed by atoms with E-state index in [1.807, 2.05) is 0 Å². The molecule has 1 N–H and O–H groups in total. The van der Waals surface area contributed by atoms with E-state index in [0.29, 0.717) is 17.8 Å². The Morgan fingerprint density at radius 1 is 1.30 bits per heavy atom. The van der Waals surface area contributed by atoms with E-state index in [1.165, 1.54) is 14.1 Å². The van der Waals surface area contributed by atoms with E-state index >= 15 is 0 Å². The molecule has 1 heterocycles. The van der Waals surface area contributed by atoms with E-state index in [0.717, 1.165) is 21.6 Å². The number of amides is 1. The van der Waals surface area contributed by atoms with E-state index < -0.39 is 6.09 Å². The van der Waals surface area contributed by atoms with Gasteiger partial charge in [0.15, 0.2) is 0 Å². The van der Waals surface area contributed by atoms with Crippen LogP contribution in [0.5, 0.6) is 5.75 Å². The number of nitrogens with zero attached hydrogens (tertiary/aromatic N) is 3. The Morgan fingerprint density at radius 3 is 2.04 bits per heavy atom. The Kier molecular flexibility index (Phi) is 10.9. The van der Waals surface area contributed by atoms with Crippen molar-refractivity contribution in [3.05, 3.63) is 24.0 Å². The number of halogens is 1. The van der Waals surface area contributed by atoms with Crippen molar-refractivity contribution in [2.75, 3.05) is 21.1 Å². The first-order valence-electron chi connectivity index (χ1n) is 7.38. The Hall–Kier alpha value is -1.34. The molecule has 0 radical (unpaired) electrons. The molecule has 7 heteroatoms. The lowest BCUT2D eigenvalue weighted by Crippen LogP contribution is -3.00. The van der Waals surface area contributed by atoms with Crippen LogP contribution >= 0.6 is 0 Å². The molecule has 0 aliphatic rings. The fourth-order valence-electron chi connectivity index (χ4n) is 1.84. The lowest BCUT2D eigenvalue weighted by atomic mass is 10.1. The molecule has 0 aliphatic heterocycles. The number of aromatic nitrogens is 1. The van der Waals surface area contributed by atoms with Gasteiger partial charge in [0.05, 0.1) is 19.1 Å². The predicted molar refractivity (Wildman–Crippen MR) is 85.1 cm³/mol. The molecule has 23 heavy (non-hydrogen) atoms. The molecule has 0 fully saturated rings. The highest BCUT2D eigenvalue weighted by Gasteiger charge is 2.31. The van der Waals surface area contributed by atoms with Gasteiger partial charge in [0.25, 0.3) is 0 Å². The van der Waals surface area contributed by atoms with Crippen molar-refractivity contribution in [3.8, 4) is 5.75 Å². The highest BCUT2D eigenvalue weighted by atomic mass is 79.9. The highest BCUT2D eigenvalue weighted by Crippen LogP contribution is 2.24. The summed E-state index contributed by atoms with van der Waals surface area (Å²) in [6, 6.07) is 4.46. The molecule has 0 atom stereocenters. The SMILES string of the molecule is CC(C)[N+](C)(Cc1ncccc1O)C(C)C.CN(C)C(=O)[O-].[Br-]. The van der Waals surface area contributed by atoms with Gasteiger partial charge in [0.2, 0.25) is 0 Å². The van der Waals surface area contributed by atoms with E-state index in [2.05, 4.69) is 39.7 Å². The van der Waals surface area contributed by atoms with Crippen LogP contribution in [-0.2, 0) is 6.54 Å². The summed E-state index contributed by atoms with van der Waals surface area (Å²) in [5, 5.41) is 19.3. The van der Waals surface area contributed by atoms with Crippen LogP contribution < -0.4 is 22.1 Å². The second-order valence-corrected chi connectivity index (χ2v) is 6.32. The molecule has 0 aromatic carbocycles. The maximum atomic E-state index is 9.76. The first-order valence-corrected chi connectivity index (χ1v) is 7.38. The van der Waals surface area contributed by atoms with E-state index in [-0.39, 0.29) is 17.0 Å². The summed E-state index contributed by atoms with van der Waals surface area (Å²) < 4.78 is 0.880. The van der Waals surface area contributed by atoms with Crippen molar-refractivity contribution in [3.63, 3.8) is 0 Å². The lowest BCUT2D eigenvalue weighted by molar-refractivity contribution is -0.962. The van der Waals surface area contributed by atoms with Gasteiger partial charge < -0.3 is 41.4 Å². The molecule has 1 rings (SSSR count). The van der Waals surface area contributed by atoms with E-state index in [4.69, 9.17) is 0 Å². The molecule has 0 saturated carbocycles. The third-order valence-corrected chi connectivity index (χ3v) is 4.08. The maximum absolute atomic E-state index is 9.76. The topological polar surface area (TPSA) is 76.5 Å². The summed E-state index contributed by atoms with van der Waals surface area (Å²) in [4.78, 5) is 14.7. The van der Waals surface area contributed by atoms with Crippen LogP contribution in [0.2, 0.25) is 0 Å². The van der Waals surface area contributed by atoms with Crippen molar-refractivity contribution in [2.45, 2.75) is 46.3 Å². The van der Waals surface area contributed by atoms with Gasteiger partial charge in [-0.15, -0.1) is 0 Å². The summed E-state index contributed by atoms with van der Waals surface area (Å²) in [5.41, 5.74) is 0.785. The number of pyridine rings is 1. The van der Waals surface area contributed by atoms with Crippen LogP contribution in [0.25, 0.3) is 0 Å². The maximum Gasteiger partial charge on any atom is 0.142 e. The average molecular weight is 391 g/mol. The summed E-state index contributed by atoms with van der Waals surface area (Å²) in [6.07, 6.45) is 0.579. The zero-order valence-electron chi connectivity index (χ0n) is 15.1. The molecule has 6 nitrogen and oxygen atoms in total. The minimum atomic E-state index is -1.16. The molecule has 1 aromatic heterocycles. The van der Waals surface area contributed by atoms with Crippen molar-refractivity contribution in [1.29, 1.82) is 0 Å². The van der Waals surface area contributed by atoms with Crippen molar-refractivity contribution >= 4 is 6.09 Å². The number of hydrogen-bond donors (Lipinski definition) is 1. The van der Waals surface area contributed by atoms with Gasteiger partial charge in [-0.2, -0.15) is 0 Å². The molecular formula is C16H29BrN3O3-. The summed E-state index contributed by atoms with van der Waals surface area (Å²) in [5.74, 6) is 0.299. The molecule has 0 spiro atoms. The number of aromatic hydroxyl groups is 1. The molecule has 0 aliphatic carbocycles. The Bertz CT molecular complexity index is 471. The normalized spacial score (nSPS) is 10.7. The fourth-order valence-corrected chi connectivity index (χ4v) is 1.84.